The highest BCUT2D eigenvalue weighted by molar-refractivity contribution is 4.94. The summed E-state index contributed by atoms with van der Waals surface area (Å²) in [5.41, 5.74) is 0. The van der Waals surface area contributed by atoms with Crippen LogP contribution in [0.2, 0.25) is 0 Å². The first-order chi connectivity index (χ1) is 10.6. The third kappa shape index (κ3) is 8.71. The lowest BCUT2D eigenvalue weighted by Crippen LogP contribution is -2.25. The molecule has 6 nitrogen and oxygen atoms in total. The summed E-state index contributed by atoms with van der Waals surface area (Å²) >= 11 is 0. The van der Waals surface area contributed by atoms with E-state index in [2.05, 4.69) is 24.1 Å². The van der Waals surface area contributed by atoms with E-state index in [9.17, 15) is 10.2 Å². The van der Waals surface area contributed by atoms with Crippen molar-refractivity contribution in [3.05, 3.63) is 0 Å². The van der Waals surface area contributed by atoms with Gasteiger partial charge in [-0.05, 0) is 12.8 Å². The van der Waals surface area contributed by atoms with Crippen LogP contribution in [0.4, 0.5) is 0 Å². The van der Waals surface area contributed by atoms with Crippen molar-refractivity contribution < 1.29 is 10.2 Å². The first kappa shape index (κ1) is 20.5. The fourth-order valence-electron chi connectivity index (χ4n) is 2.11. The van der Waals surface area contributed by atoms with E-state index < -0.39 is 24.3 Å². The number of rotatable bonds is 12. The van der Waals surface area contributed by atoms with Crippen molar-refractivity contribution in [1.82, 2.24) is 0 Å². The molecular formula is C16H28N4O2. The number of aliphatic hydroxyl groups excluding tert-OH is 2. The summed E-state index contributed by atoms with van der Waals surface area (Å²) in [5, 5.41) is 45.2. The van der Waals surface area contributed by atoms with E-state index in [1.807, 2.05) is 0 Å². The lowest BCUT2D eigenvalue weighted by Gasteiger charge is -2.16. The minimum Gasteiger partial charge on any atom is -0.376 e. The van der Waals surface area contributed by atoms with E-state index in [0.29, 0.717) is 12.8 Å². The molecule has 0 heterocycles. The number of unbranched alkanes of at least 4 members (excludes halogenated alkanes) is 4. The summed E-state index contributed by atoms with van der Waals surface area (Å²) in [5.74, 6) is 0. The monoisotopic (exact) mass is 308 g/mol. The zero-order chi connectivity index (χ0) is 16.8. The predicted octanol–water partition coefficient (Wildman–Crippen LogP) is 3.11. The van der Waals surface area contributed by atoms with Gasteiger partial charge in [-0.1, -0.05) is 52.4 Å². The van der Waals surface area contributed by atoms with Gasteiger partial charge in [-0.25, -0.2) is 0 Å². The van der Waals surface area contributed by atoms with Gasteiger partial charge in [-0.3, -0.25) is 0 Å². The quantitative estimate of drug-likeness (QED) is 0.327. The average Bonchev–Trinajstić information content (AvgIpc) is 2.54. The molecule has 124 valence electrons. The first-order valence-electron chi connectivity index (χ1n) is 8.15. The number of azo groups is 1. The Balaban J connectivity index is 4.73. The first-order valence-corrected chi connectivity index (χ1v) is 8.15. The molecule has 0 spiro atoms. The Labute approximate surface area is 133 Å². The van der Waals surface area contributed by atoms with Gasteiger partial charge in [0.25, 0.3) is 0 Å². The van der Waals surface area contributed by atoms with Crippen LogP contribution in [-0.2, 0) is 0 Å². The summed E-state index contributed by atoms with van der Waals surface area (Å²) in [7, 11) is 0. The number of nitriles is 2. The molecule has 4 atom stereocenters. The molecule has 0 fully saturated rings. The molecule has 0 bridgehead atoms. The molecule has 0 saturated heterocycles. The van der Waals surface area contributed by atoms with Crippen molar-refractivity contribution >= 4 is 0 Å². The molecule has 0 aliphatic carbocycles. The van der Waals surface area contributed by atoms with Crippen molar-refractivity contribution in [3.8, 4) is 12.1 Å². The minimum atomic E-state index is -1.20. The van der Waals surface area contributed by atoms with Gasteiger partial charge in [0, 0.05) is 0 Å². The van der Waals surface area contributed by atoms with Crippen LogP contribution in [0.1, 0.15) is 65.2 Å². The van der Waals surface area contributed by atoms with Crippen LogP contribution in [0.3, 0.4) is 0 Å². The largest absolute Gasteiger partial charge is 0.376 e. The smallest absolute Gasteiger partial charge is 0.164 e. The van der Waals surface area contributed by atoms with Crippen LogP contribution in [0.5, 0.6) is 0 Å². The Morgan fingerprint density at radius 3 is 1.41 bits per heavy atom. The Kier molecular flexibility index (Phi) is 12.3. The van der Waals surface area contributed by atoms with Crippen LogP contribution in [0.25, 0.3) is 0 Å². The molecule has 0 rings (SSSR count). The van der Waals surface area contributed by atoms with Gasteiger partial charge in [-0.15, -0.1) is 0 Å². The topological polar surface area (TPSA) is 113 Å². The van der Waals surface area contributed by atoms with E-state index in [-0.39, 0.29) is 0 Å². The van der Waals surface area contributed by atoms with Gasteiger partial charge in [-0.2, -0.15) is 20.8 Å². The van der Waals surface area contributed by atoms with Gasteiger partial charge >= 0.3 is 0 Å². The van der Waals surface area contributed by atoms with Gasteiger partial charge in [0.2, 0.25) is 0 Å². The summed E-state index contributed by atoms with van der Waals surface area (Å²) in [6, 6.07) is 2.40. The van der Waals surface area contributed by atoms with Gasteiger partial charge in [0.15, 0.2) is 12.2 Å². The van der Waals surface area contributed by atoms with Crippen molar-refractivity contribution in [2.75, 3.05) is 0 Å². The van der Waals surface area contributed by atoms with E-state index in [0.717, 1.165) is 38.5 Å². The standard InChI is InChI=1S/C16H28N4O2/c1-3-5-7-9-13(15(21)11-17)19-20-14(16(22)12-18)10-8-6-4-2/h13-16,21-22H,3-10H2,1-2H3/b20-19+. The maximum absolute atomic E-state index is 9.70. The molecule has 0 radical (unpaired) electrons. The molecular weight excluding hydrogens is 280 g/mol. The van der Waals surface area contributed by atoms with E-state index >= 15 is 0 Å². The zero-order valence-electron chi connectivity index (χ0n) is 13.6. The van der Waals surface area contributed by atoms with Gasteiger partial charge in [0.05, 0.1) is 12.1 Å². The Morgan fingerprint density at radius 2 is 1.14 bits per heavy atom. The fraction of sp³-hybridized carbons (Fsp3) is 0.875. The molecule has 0 saturated carbocycles. The second-order valence-corrected chi connectivity index (χ2v) is 5.51. The molecule has 22 heavy (non-hydrogen) atoms. The van der Waals surface area contributed by atoms with Crippen LogP contribution >= 0.6 is 0 Å². The molecule has 4 unspecified atom stereocenters. The van der Waals surface area contributed by atoms with E-state index in [4.69, 9.17) is 10.5 Å². The second kappa shape index (κ2) is 13.2. The Hall–Kier alpha value is -1.50. The van der Waals surface area contributed by atoms with Gasteiger partial charge in [0.1, 0.15) is 12.1 Å². The number of hydrogen-bond donors (Lipinski definition) is 2. The van der Waals surface area contributed by atoms with Gasteiger partial charge < -0.3 is 10.2 Å². The van der Waals surface area contributed by atoms with Crippen molar-refractivity contribution in [2.24, 2.45) is 10.2 Å². The lowest BCUT2D eigenvalue weighted by molar-refractivity contribution is 0.172. The van der Waals surface area contributed by atoms with Crippen molar-refractivity contribution in [1.29, 1.82) is 10.5 Å². The van der Waals surface area contributed by atoms with E-state index in [1.54, 1.807) is 12.1 Å². The van der Waals surface area contributed by atoms with Crippen molar-refractivity contribution in [2.45, 2.75) is 89.5 Å². The Bertz CT molecular complexity index is 351. The molecule has 2 N–H and O–H groups in total. The number of aliphatic hydroxyl groups is 2. The average molecular weight is 308 g/mol. The van der Waals surface area contributed by atoms with Crippen LogP contribution < -0.4 is 0 Å². The molecule has 0 aliphatic rings. The molecule has 0 aromatic rings. The molecule has 6 heteroatoms. The predicted molar refractivity (Wildman–Crippen MR) is 84.0 cm³/mol. The van der Waals surface area contributed by atoms with Crippen molar-refractivity contribution in [3.63, 3.8) is 0 Å². The summed E-state index contributed by atoms with van der Waals surface area (Å²) < 4.78 is 0. The SMILES string of the molecule is CCCCCC(/N=N/C(CCCCC)C(O)C#N)C(O)C#N. The minimum absolute atomic E-state index is 0.580. The van der Waals surface area contributed by atoms with Crippen LogP contribution in [-0.4, -0.2) is 34.5 Å². The number of hydrogen-bond acceptors (Lipinski definition) is 6. The molecule has 0 aromatic heterocycles. The van der Waals surface area contributed by atoms with Crippen LogP contribution in [0, 0.1) is 22.7 Å². The maximum Gasteiger partial charge on any atom is 0.164 e. The highest BCUT2D eigenvalue weighted by atomic mass is 16.3. The highest BCUT2D eigenvalue weighted by Gasteiger charge is 2.21. The second-order valence-electron chi connectivity index (χ2n) is 5.51. The Morgan fingerprint density at radius 1 is 0.773 bits per heavy atom. The third-order valence-electron chi connectivity index (χ3n) is 3.56. The fourth-order valence-corrected chi connectivity index (χ4v) is 2.11. The summed E-state index contributed by atoms with van der Waals surface area (Å²) in [6.07, 6.45) is 4.58. The third-order valence-corrected chi connectivity index (χ3v) is 3.56. The van der Waals surface area contributed by atoms with E-state index in [1.165, 1.54) is 0 Å². The lowest BCUT2D eigenvalue weighted by atomic mass is 10.0. The molecule has 0 aromatic carbocycles. The number of nitrogens with zero attached hydrogens (tertiary/aromatic N) is 4. The summed E-state index contributed by atoms with van der Waals surface area (Å²) in [6.45, 7) is 4.15. The molecule has 0 aliphatic heterocycles. The molecule has 0 amide bonds. The van der Waals surface area contributed by atoms with Crippen LogP contribution in [0.15, 0.2) is 10.2 Å². The maximum atomic E-state index is 9.70. The highest BCUT2D eigenvalue weighted by Crippen LogP contribution is 2.15. The summed E-state index contributed by atoms with van der Waals surface area (Å²) in [4.78, 5) is 0. The normalized spacial score (nSPS) is 16.6. The zero-order valence-corrected chi connectivity index (χ0v) is 13.6.